The third-order valence-corrected chi connectivity index (χ3v) is 5.13. The van der Waals surface area contributed by atoms with Gasteiger partial charge in [0.05, 0.1) is 12.8 Å². The van der Waals surface area contributed by atoms with Crippen LogP contribution in [0.4, 0.5) is 0 Å². The van der Waals surface area contributed by atoms with Crippen molar-refractivity contribution in [3.63, 3.8) is 0 Å². The van der Waals surface area contributed by atoms with E-state index in [1.54, 1.807) is 14.0 Å². The SMILES string of the molecule is CCOP(=O)(O)Cc1ccc(Cc2ccc(OC(C)OC)cc2)cc1. The van der Waals surface area contributed by atoms with Gasteiger partial charge >= 0.3 is 7.60 Å². The molecule has 2 aromatic rings. The molecular weight excluding hydrogens is 339 g/mol. The second-order valence-corrected chi connectivity index (χ2v) is 7.62. The van der Waals surface area contributed by atoms with Crippen LogP contribution in [0.25, 0.3) is 0 Å². The minimum Gasteiger partial charge on any atom is -0.465 e. The fraction of sp³-hybridized carbons (Fsp3) is 0.368. The minimum absolute atomic E-state index is 0.0326. The lowest BCUT2D eigenvalue weighted by atomic mass is 10.0. The van der Waals surface area contributed by atoms with Crippen molar-refractivity contribution in [1.82, 2.24) is 0 Å². The van der Waals surface area contributed by atoms with E-state index in [0.29, 0.717) is 0 Å². The van der Waals surface area contributed by atoms with E-state index in [4.69, 9.17) is 14.0 Å². The quantitative estimate of drug-likeness (QED) is 0.529. The van der Waals surface area contributed by atoms with Crippen LogP contribution < -0.4 is 4.74 Å². The molecule has 0 radical (unpaired) electrons. The second kappa shape index (κ2) is 9.16. The van der Waals surface area contributed by atoms with Gasteiger partial charge in [0, 0.05) is 7.11 Å². The van der Waals surface area contributed by atoms with E-state index >= 15 is 0 Å². The van der Waals surface area contributed by atoms with E-state index < -0.39 is 7.60 Å². The fourth-order valence-corrected chi connectivity index (χ4v) is 3.57. The molecule has 2 rings (SSSR count). The van der Waals surface area contributed by atoms with Crippen molar-refractivity contribution >= 4 is 7.60 Å². The topological polar surface area (TPSA) is 65.0 Å². The standard InChI is InChI=1S/C19H25O5P/c1-4-23-25(20,21)14-18-7-5-16(6-8-18)13-17-9-11-19(12-10-17)24-15(2)22-3/h5-12,15H,4,13-14H2,1-3H3,(H,20,21). The Bertz CT molecular complexity index is 697. The van der Waals surface area contributed by atoms with E-state index in [1.165, 1.54) is 0 Å². The lowest BCUT2D eigenvalue weighted by Crippen LogP contribution is -2.13. The first-order valence-electron chi connectivity index (χ1n) is 8.24. The smallest absolute Gasteiger partial charge is 0.332 e. The molecule has 0 saturated heterocycles. The number of rotatable bonds is 9. The average molecular weight is 364 g/mol. The van der Waals surface area contributed by atoms with Gasteiger partial charge in [-0.2, -0.15) is 0 Å². The molecule has 2 atom stereocenters. The largest absolute Gasteiger partial charge is 0.465 e. The molecular formula is C19H25O5P. The van der Waals surface area contributed by atoms with Crippen molar-refractivity contribution < 1.29 is 23.5 Å². The summed E-state index contributed by atoms with van der Waals surface area (Å²) in [7, 11) is -1.94. The molecule has 0 aliphatic rings. The van der Waals surface area contributed by atoms with Gasteiger partial charge in [-0.15, -0.1) is 0 Å². The second-order valence-electron chi connectivity index (χ2n) is 5.77. The van der Waals surface area contributed by atoms with Crippen molar-refractivity contribution in [2.75, 3.05) is 13.7 Å². The normalized spacial score (nSPS) is 14.7. The number of ether oxygens (including phenoxy) is 2. The Kier molecular flexibility index (Phi) is 7.21. The molecule has 136 valence electrons. The predicted molar refractivity (Wildman–Crippen MR) is 97.9 cm³/mol. The molecule has 0 heterocycles. The zero-order chi connectivity index (χ0) is 18.3. The van der Waals surface area contributed by atoms with Crippen LogP contribution in [0.1, 0.15) is 30.5 Å². The van der Waals surface area contributed by atoms with Gasteiger partial charge in [0.1, 0.15) is 5.75 Å². The number of hydrogen-bond acceptors (Lipinski definition) is 4. The van der Waals surface area contributed by atoms with E-state index in [2.05, 4.69) is 0 Å². The van der Waals surface area contributed by atoms with Gasteiger partial charge < -0.3 is 18.9 Å². The predicted octanol–water partition coefficient (Wildman–Crippen LogP) is 4.37. The fourth-order valence-electron chi connectivity index (χ4n) is 2.40. The van der Waals surface area contributed by atoms with Crippen LogP contribution in [0.2, 0.25) is 0 Å². The van der Waals surface area contributed by atoms with Crippen molar-refractivity contribution in [3.05, 3.63) is 65.2 Å². The summed E-state index contributed by atoms with van der Waals surface area (Å²) in [5, 5.41) is 0. The third kappa shape index (κ3) is 6.63. The molecule has 0 amide bonds. The Balaban J connectivity index is 1.96. The molecule has 0 aliphatic carbocycles. The molecule has 2 aromatic carbocycles. The zero-order valence-electron chi connectivity index (χ0n) is 14.8. The van der Waals surface area contributed by atoms with Gasteiger partial charge in [-0.25, -0.2) is 0 Å². The molecule has 0 saturated carbocycles. The Labute approximate surface area is 149 Å². The van der Waals surface area contributed by atoms with E-state index in [0.717, 1.165) is 28.9 Å². The number of hydrogen-bond donors (Lipinski definition) is 1. The molecule has 0 fully saturated rings. The summed E-state index contributed by atoms with van der Waals surface area (Å²) < 4.78 is 27.3. The summed E-state index contributed by atoms with van der Waals surface area (Å²) >= 11 is 0. The van der Waals surface area contributed by atoms with Crippen LogP contribution in [0.5, 0.6) is 5.75 Å². The Morgan fingerprint density at radius 1 is 1.00 bits per heavy atom. The lowest BCUT2D eigenvalue weighted by molar-refractivity contribution is -0.0382. The molecule has 0 bridgehead atoms. The van der Waals surface area contributed by atoms with E-state index in [9.17, 15) is 9.46 Å². The molecule has 2 unspecified atom stereocenters. The highest BCUT2D eigenvalue weighted by atomic mass is 31.2. The molecule has 0 spiro atoms. The van der Waals surface area contributed by atoms with Crippen LogP contribution in [0.3, 0.4) is 0 Å². The first-order valence-corrected chi connectivity index (χ1v) is 10.0. The lowest BCUT2D eigenvalue weighted by Gasteiger charge is -2.13. The van der Waals surface area contributed by atoms with Crippen molar-refractivity contribution in [1.29, 1.82) is 0 Å². The maximum absolute atomic E-state index is 11.8. The van der Waals surface area contributed by atoms with Gasteiger partial charge in [-0.1, -0.05) is 36.4 Å². The summed E-state index contributed by atoms with van der Waals surface area (Å²) in [6, 6.07) is 15.6. The Morgan fingerprint density at radius 3 is 2.04 bits per heavy atom. The number of methoxy groups -OCH3 is 1. The van der Waals surface area contributed by atoms with E-state index in [1.807, 2.05) is 55.5 Å². The highest BCUT2D eigenvalue weighted by Gasteiger charge is 2.18. The maximum atomic E-state index is 11.8. The number of benzene rings is 2. The highest BCUT2D eigenvalue weighted by molar-refractivity contribution is 7.51. The highest BCUT2D eigenvalue weighted by Crippen LogP contribution is 2.45. The summed E-state index contributed by atoms with van der Waals surface area (Å²) in [4.78, 5) is 9.69. The Morgan fingerprint density at radius 2 is 1.52 bits per heavy atom. The summed E-state index contributed by atoms with van der Waals surface area (Å²) in [6.07, 6.45) is 0.533. The van der Waals surface area contributed by atoms with Gasteiger partial charge in [0.2, 0.25) is 0 Å². The summed E-state index contributed by atoms with van der Waals surface area (Å²) in [5.74, 6) is 0.767. The van der Waals surface area contributed by atoms with Crippen LogP contribution in [0, 0.1) is 0 Å². The maximum Gasteiger partial charge on any atom is 0.332 e. The Hall–Kier alpha value is -1.65. The minimum atomic E-state index is -3.54. The summed E-state index contributed by atoms with van der Waals surface area (Å²) in [6.45, 7) is 3.78. The van der Waals surface area contributed by atoms with Gasteiger partial charge in [0.25, 0.3) is 0 Å². The summed E-state index contributed by atoms with van der Waals surface area (Å²) in [5.41, 5.74) is 3.08. The van der Waals surface area contributed by atoms with Crippen LogP contribution in [-0.4, -0.2) is 24.9 Å². The molecule has 1 N–H and O–H groups in total. The average Bonchev–Trinajstić information content (AvgIpc) is 2.58. The zero-order valence-corrected chi connectivity index (χ0v) is 15.7. The van der Waals surface area contributed by atoms with Crippen LogP contribution in [0.15, 0.2) is 48.5 Å². The first kappa shape index (κ1) is 19.7. The van der Waals surface area contributed by atoms with Crippen molar-refractivity contribution in [2.45, 2.75) is 32.7 Å². The van der Waals surface area contributed by atoms with Crippen molar-refractivity contribution in [2.24, 2.45) is 0 Å². The molecule has 25 heavy (non-hydrogen) atoms. The van der Waals surface area contributed by atoms with Gasteiger partial charge in [-0.3, -0.25) is 4.57 Å². The molecule has 0 aliphatic heterocycles. The van der Waals surface area contributed by atoms with Crippen molar-refractivity contribution in [3.8, 4) is 5.75 Å². The molecule has 6 heteroatoms. The van der Waals surface area contributed by atoms with Crippen LogP contribution >= 0.6 is 7.60 Å². The monoisotopic (exact) mass is 364 g/mol. The molecule has 5 nitrogen and oxygen atoms in total. The third-order valence-electron chi connectivity index (χ3n) is 3.70. The van der Waals surface area contributed by atoms with Crippen LogP contribution in [-0.2, 0) is 26.4 Å². The van der Waals surface area contributed by atoms with E-state index in [-0.39, 0.29) is 19.1 Å². The molecule has 0 aromatic heterocycles. The van der Waals surface area contributed by atoms with Gasteiger partial charge in [0.15, 0.2) is 6.29 Å². The van der Waals surface area contributed by atoms with Gasteiger partial charge in [-0.05, 0) is 49.1 Å². The first-order chi connectivity index (χ1) is 11.9.